The summed E-state index contributed by atoms with van der Waals surface area (Å²) in [4.78, 5) is 15.4. The van der Waals surface area contributed by atoms with Gasteiger partial charge in [0.05, 0.1) is 6.54 Å². The molecule has 0 radical (unpaired) electrons. The molecular weight excluding hydrogens is 329 g/mol. The highest BCUT2D eigenvalue weighted by Crippen LogP contribution is 2.15. The van der Waals surface area contributed by atoms with Crippen molar-refractivity contribution in [2.75, 3.05) is 20.1 Å². The van der Waals surface area contributed by atoms with Gasteiger partial charge in [-0.15, -0.1) is 0 Å². The Morgan fingerprint density at radius 3 is 2.12 bits per heavy atom. The van der Waals surface area contributed by atoms with Crippen LogP contribution in [0.3, 0.4) is 0 Å². The first kappa shape index (κ1) is 19.0. The average molecular weight is 350 g/mol. The maximum Gasteiger partial charge on any atom is 0.236 e. The molecule has 0 N–H and O–H groups in total. The lowest BCUT2D eigenvalue weighted by Gasteiger charge is -2.24. The van der Waals surface area contributed by atoms with E-state index in [4.69, 9.17) is 0 Å². The van der Waals surface area contributed by atoms with E-state index in [2.05, 4.69) is 0 Å². The van der Waals surface area contributed by atoms with Gasteiger partial charge in [-0.2, -0.15) is 0 Å². The molecule has 0 aliphatic heterocycles. The molecule has 0 aromatic heterocycles. The second-order valence-electron chi connectivity index (χ2n) is 5.84. The van der Waals surface area contributed by atoms with Gasteiger partial charge in [0, 0.05) is 31.3 Å². The van der Waals surface area contributed by atoms with Gasteiger partial charge in [0.15, 0.2) is 0 Å². The molecule has 0 heterocycles. The largest absolute Gasteiger partial charge is 0.340 e. The molecular formula is C19H21F3N2O. The summed E-state index contributed by atoms with van der Waals surface area (Å²) in [7, 11) is 1.58. The minimum absolute atomic E-state index is 0.00474. The van der Waals surface area contributed by atoms with E-state index in [1.165, 1.54) is 29.2 Å². The summed E-state index contributed by atoms with van der Waals surface area (Å²) in [5.41, 5.74) is 0.357. The molecule has 3 nitrogen and oxygen atoms in total. The highest BCUT2D eigenvalue weighted by Gasteiger charge is 2.18. The molecule has 0 aliphatic carbocycles. The third kappa shape index (κ3) is 5.06. The molecule has 2 aromatic carbocycles. The summed E-state index contributed by atoms with van der Waals surface area (Å²) in [6.07, 6.45) is 0. The number of rotatable bonds is 7. The summed E-state index contributed by atoms with van der Waals surface area (Å²) in [5.74, 6) is -1.89. The summed E-state index contributed by atoms with van der Waals surface area (Å²) in [6, 6.07) is 9.94. The van der Waals surface area contributed by atoms with Crippen molar-refractivity contribution < 1.29 is 18.0 Å². The fourth-order valence-corrected chi connectivity index (χ4v) is 2.47. The molecule has 0 aliphatic rings. The zero-order chi connectivity index (χ0) is 18.4. The Morgan fingerprint density at radius 2 is 1.52 bits per heavy atom. The minimum atomic E-state index is -0.634. The molecule has 0 atom stereocenters. The first-order valence-corrected chi connectivity index (χ1v) is 8.05. The van der Waals surface area contributed by atoms with Gasteiger partial charge in [0.2, 0.25) is 5.91 Å². The lowest BCUT2D eigenvalue weighted by atomic mass is 10.1. The molecule has 1 amide bonds. The smallest absolute Gasteiger partial charge is 0.236 e. The predicted molar refractivity (Wildman–Crippen MR) is 90.2 cm³/mol. The summed E-state index contributed by atoms with van der Waals surface area (Å²) >= 11 is 0. The standard InChI is InChI=1S/C19H21F3N2O/c1-3-24(12-15-17(21)9-6-10-18(15)22)13-19(25)23(2)11-14-7-4-5-8-16(14)20/h4-10H,3,11-13H2,1-2H3. The Kier molecular flexibility index (Phi) is 6.58. The highest BCUT2D eigenvalue weighted by atomic mass is 19.1. The Bertz CT molecular complexity index is 716. The van der Waals surface area contributed by atoms with Crippen LogP contribution in [0.4, 0.5) is 13.2 Å². The number of benzene rings is 2. The van der Waals surface area contributed by atoms with Crippen LogP contribution in [0.1, 0.15) is 18.1 Å². The van der Waals surface area contributed by atoms with E-state index < -0.39 is 11.6 Å². The van der Waals surface area contributed by atoms with Crippen LogP contribution < -0.4 is 0 Å². The lowest BCUT2D eigenvalue weighted by molar-refractivity contribution is -0.131. The van der Waals surface area contributed by atoms with Gasteiger partial charge in [0.25, 0.3) is 0 Å². The van der Waals surface area contributed by atoms with Gasteiger partial charge in [-0.3, -0.25) is 9.69 Å². The van der Waals surface area contributed by atoms with Gasteiger partial charge >= 0.3 is 0 Å². The summed E-state index contributed by atoms with van der Waals surface area (Å²) in [5, 5.41) is 0. The zero-order valence-electron chi connectivity index (χ0n) is 14.3. The van der Waals surface area contributed by atoms with E-state index in [1.54, 1.807) is 30.1 Å². The van der Waals surface area contributed by atoms with Crippen LogP contribution in [0.25, 0.3) is 0 Å². The van der Waals surface area contributed by atoms with Gasteiger partial charge in [-0.25, -0.2) is 13.2 Å². The second-order valence-corrected chi connectivity index (χ2v) is 5.84. The Labute approximate surface area is 145 Å². The molecule has 0 saturated heterocycles. The minimum Gasteiger partial charge on any atom is -0.340 e. The molecule has 25 heavy (non-hydrogen) atoms. The van der Waals surface area contributed by atoms with Crippen molar-refractivity contribution in [1.82, 2.24) is 9.80 Å². The number of hydrogen-bond acceptors (Lipinski definition) is 2. The summed E-state index contributed by atoms with van der Waals surface area (Å²) < 4.78 is 41.2. The fourth-order valence-electron chi connectivity index (χ4n) is 2.47. The number of hydrogen-bond donors (Lipinski definition) is 0. The molecule has 0 fully saturated rings. The molecule has 6 heteroatoms. The third-order valence-corrected chi connectivity index (χ3v) is 4.04. The SMILES string of the molecule is CCN(CC(=O)N(C)Cc1ccccc1F)Cc1c(F)cccc1F. The quantitative estimate of drug-likeness (QED) is 0.762. The van der Waals surface area contributed by atoms with Gasteiger partial charge in [0.1, 0.15) is 17.5 Å². The van der Waals surface area contributed by atoms with Crippen LogP contribution >= 0.6 is 0 Å². The highest BCUT2D eigenvalue weighted by molar-refractivity contribution is 5.78. The molecule has 0 unspecified atom stereocenters. The van der Waals surface area contributed by atoms with Gasteiger partial charge in [-0.1, -0.05) is 31.2 Å². The second kappa shape index (κ2) is 8.67. The van der Waals surface area contributed by atoms with E-state index >= 15 is 0 Å². The molecule has 2 rings (SSSR count). The van der Waals surface area contributed by atoms with E-state index in [-0.39, 0.29) is 36.9 Å². The number of nitrogens with zero attached hydrogens (tertiary/aromatic N) is 2. The molecule has 0 spiro atoms. The van der Waals surface area contributed by atoms with E-state index in [9.17, 15) is 18.0 Å². The summed E-state index contributed by atoms with van der Waals surface area (Å²) in [6.45, 7) is 2.39. The van der Waals surface area contributed by atoms with Crippen LogP contribution in [0.15, 0.2) is 42.5 Å². The predicted octanol–water partition coefficient (Wildman–Crippen LogP) is 3.58. The van der Waals surface area contributed by atoms with Crippen molar-refractivity contribution in [2.45, 2.75) is 20.0 Å². The van der Waals surface area contributed by atoms with Gasteiger partial charge < -0.3 is 4.90 Å². The van der Waals surface area contributed by atoms with E-state index in [0.717, 1.165) is 0 Å². The topological polar surface area (TPSA) is 23.6 Å². The van der Waals surface area contributed by atoms with Crippen molar-refractivity contribution in [1.29, 1.82) is 0 Å². The molecule has 2 aromatic rings. The van der Waals surface area contributed by atoms with E-state index in [0.29, 0.717) is 12.1 Å². The fraction of sp³-hybridized carbons (Fsp3) is 0.316. The molecule has 134 valence electrons. The first-order chi connectivity index (χ1) is 11.9. The number of halogens is 3. The average Bonchev–Trinajstić information content (AvgIpc) is 2.59. The van der Waals surface area contributed by atoms with Crippen LogP contribution in [-0.2, 0) is 17.9 Å². The molecule has 0 saturated carbocycles. The van der Waals surface area contributed by atoms with Crippen LogP contribution in [0.5, 0.6) is 0 Å². The van der Waals surface area contributed by atoms with Crippen LogP contribution in [0, 0.1) is 17.5 Å². The lowest BCUT2D eigenvalue weighted by Crippen LogP contribution is -2.38. The number of amides is 1. The third-order valence-electron chi connectivity index (χ3n) is 4.04. The van der Waals surface area contributed by atoms with Crippen molar-refractivity contribution >= 4 is 5.91 Å². The maximum atomic E-state index is 13.8. The zero-order valence-corrected chi connectivity index (χ0v) is 14.3. The van der Waals surface area contributed by atoms with Crippen LogP contribution in [0.2, 0.25) is 0 Å². The molecule has 0 bridgehead atoms. The first-order valence-electron chi connectivity index (χ1n) is 8.05. The van der Waals surface area contributed by atoms with Gasteiger partial charge in [-0.05, 0) is 24.7 Å². The number of carbonyl (C=O) groups excluding carboxylic acids is 1. The normalized spacial score (nSPS) is 11.0. The van der Waals surface area contributed by atoms with Crippen LogP contribution in [-0.4, -0.2) is 35.8 Å². The van der Waals surface area contributed by atoms with Crippen molar-refractivity contribution in [3.05, 3.63) is 71.0 Å². The number of carbonyl (C=O) groups is 1. The van der Waals surface area contributed by atoms with E-state index in [1.807, 2.05) is 6.92 Å². The monoisotopic (exact) mass is 350 g/mol. The van der Waals surface area contributed by atoms with Crippen molar-refractivity contribution in [3.8, 4) is 0 Å². The Balaban J connectivity index is 2.00. The van der Waals surface area contributed by atoms with Crippen molar-refractivity contribution in [3.63, 3.8) is 0 Å². The number of likely N-dealkylation sites (N-methyl/N-ethyl adjacent to an activating group) is 2. The Morgan fingerprint density at radius 1 is 0.920 bits per heavy atom. The van der Waals surface area contributed by atoms with Crippen molar-refractivity contribution in [2.24, 2.45) is 0 Å². The maximum absolute atomic E-state index is 13.8. The Hall–Kier alpha value is -2.34.